The van der Waals surface area contributed by atoms with E-state index >= 15 is 0 Å². The van der Waals surface area contributed by atoms with Crippen molar-refractivity contribution in [2.24, 2.45) is 12.5 Å². The molecule has 0 amide bonds. The van der Waals surface area contributed by atoms with Gasteiger partial charge in [0.1, 0.15) is 11.4 Å². The second-order valence-electron chi connectivity index (χ2n) is 10.1. The van der Waals surface area contributed by atoms with Crippen LogP contribution >= 0.6 is 0 Å². The molecule has 4 rings (SSSR count). The Morgan fingerprint density at radius 1 is 1.07 bits per heavy atom. The number of aliphatic hydroxyl groups is 1. The molecule has 0 aliphatic carbocycles. The Hall–Kier alpha value is -0.950. The molecule has 152 valence electrons. The van der Waals surface area contributed by atoms with Gasteiger partial charge in [0.05, 0.1) is 0 Å². The molecule has 3 atom stereocenters. The zero-order valence-corrected chi connectivity index (χ0v) is 17.6. The van der Waals surface area contributed by atoms with E-state index in [0.29, 0.717) is 12.1 Å². The van der Waals surface area contributed by atoms with E-state index in [1.807, 2.05) is 17.8 Å². The summed E-state index contributed by atoms with van der Waals surface area (Å²) in [4.78, 5) is 12.2. The Morgan fingerprint density at radius 2 is 1.70 bits per heavy atom. The van der Waals surface area contributed by atoms with Crippen LogP contribution in [0.4, 0.5) is 0 Å². The lowest BCUT2D eigenvalue weighted by Gasteiger charge is -2.47. The van der Waals surface area contributed by atoms with Gasteiger partial charge in [0.25, 0.3) is 0 Å². The topological polar surface area (TPSA) is 47.8 Å². The Labute approximate surface area is 164 Å². The summed E-state index contributed by atoms with van der Waals surface area (Å²) in [6, 6.07) is 0.967. The molecule has 6 heteroatoms. The fraction of sp³-hybridized carbons (Fsp3) is 0.857. The largest absolute Gasteiger partial charge is 0.382 e. The molecule has 0 radical (unpaired) electrons. The van der Waals surface area contributed by atoms with Gasteiger partial charge in [0.15, 0.2) is 0 Å². The third-order valence-electron chi connectivity index (χ3n) is 7.01. The Balaban J connectivity index is 1.40. The van der Waals surface area contributed by atoms with E-state index in [4.69, 9.17) is 0 Å². The number of hydrogen-bond donors (Lipinski definition) is 1. The van der Waals surface area contributed by atoms with Crippen LogP contribution in [0.3, 0.4) is 0 Å². The first-order valence-electron chi connectivity index (χ1n) is 10.6. The van der Waals surface area contributed by atoms with Crippen LogP contribution in [-0.4, -0.2) is 87.8 Å². The fourth-order valence-electron chi connectivity index (χ4n) is 5.73. The Bertz CT molecular complexity index is 635. The van der Waals surface area contributed by atoms with E-state index in [0.717, 1.165) is 25.2 Å². The molecule has 27 heavy (non-hydrogen) atoms. The van der Waals surface area contributed by atoms with E-state index in [2.05, 4.69) is 40.6 Å². The van der Waals surface area contributed by atoms with Gasteiger partial charge in [0, 0.05) is 70.8 Å². The second-order valence-corrected chi connectivity index (χ2v) is 10.1. The van der Waals surface area contributed by atoms with Crippen molar-refractivity contribution in [3.05, 3.63) is 18.2 Å². The highest BCUT2D eigenvalue weighted by atomic mass is 16.3. The van der Waals surface area contributed by atoms with Gasteiger partial charge in [-0.2, -0.15) is 0 Å². The first-order chi connectivity index (χ1) is 12.8. The van der Waals surface area contributed by atoms with Crippen LogP contribution in [0.1, 0.15) is 45.4 Å². The van der Waals surface area contributed by atoms with Gasteiger partial charge < -0.3 is 19.5 Å². The number of piperidine rings is 1. The summed E-state index contributed by atoms with van der Waals surface area (Å²) >= 11 is 0. The smallest absolute Gasteiger partial charge is 0.140 e. The molecule has 2 bridgehead atoms. The van der Waals surface area contributed by atoms with Crippen LogP contribution in [0, 0.1) is 5.41 Å². The van der Waals surface area contributed by atoms with E-state index in [1.54, 1.807) is 6.20 Å². The van der Waals surface area contributed by atoms with E-state index < -0.39 is 5.60 Å². The van der Waals surface area contributed by atoms with Crippen LogP contribution in [-0.2, 0) is 12.6 Å². The van der Waals surface area contributed by atoms with Gasteiger partial charge in [-0.15, -0.1) is 0 Å². The molecule has 1 unspecified atom stereocenters. The van der Waals surface area contributed by atoms with Gasteiger partial charge in [-0.05, 0) is 38.1 Å². The first kappa shape index (κ1) is 19.4. The van der Waals surface area contributed by atoms with Crippen LogP contribution in [0.25, 0.3) is 0 Å². The molecule has 3 saturated heterocycles. The normalized spacial score (nSPS) is 33.7. The van der Waals surface area contributed by atoms with Gasteiger partial charge >= 0.3 is 0 Å². The third kappa shape index (κ3) is 3.95. The van der Waals surface area contributed by atoms with Gasteiger partial charge in [0.2, 0.25) is 0 Å². The average Bonchev–Trinajstić information content (AvgIpc) is 3.12. The maximum absolute atomic E-state index is 11.4. The molecule has 3 aliphatic rings. The Morgan fingerprint density at radius 3 is 2.26 bits per heavy atom. The molecule has 0 saturated carbocycles. The van der Waals surface area contributed by atoms with Crippen LogP contribution < -0.4 is 0 Å². The van der Waals surface area contributed by atoms with Crippen molar-refractivity contribution in [3.8, 4) is 0 Å². The predicted molar refractivity (Wildman–Crippen MR) is 108 cm³/mol. The average molecular weight is 376 g/mol. The Kier molecular flexibility index (Phi) is 5.12. The lowest BCUT2D eigenvalue weighted by Crippen LogP contribution is -2.55. The SMILES string of the molecule is CN1CCN(CC(C)(C)CN2[C@@H]3CC[C@H]2CC(O)(c2nccn2C)C3)CC1. The summed E-state index contributed by atoms with van der Waals surface area (Å²) in [6.07, 6.45) is 7.81. The van der Waals surface area contributed by atoms with E-state index in [9.17, 15) is 5.11 Å². The van der Waals surface area contributed by atoms with Crippen LogP contribution in [0.2, 0.25) is 0 Å². The summed E-state index contributed by atoms with van der Waals surface area (Å²) in [5.41, 5.74) is -0.488. The summed E-state index contributed by atoms with van der Waals surface area (Å²) in [6.45, 7) is 11.9. The predicted octanol–water partition coefficient (Wildman–Crippen LogP) is 1.51. The maximum atomic E-state index is 11.4. The number of piperazine rings is 1. The summed E-state index contributed by atoms with van der Waals surface area (Å²) in [5.74, 6) is 0.843. The number of hydrogen-bond acceptors (Lipinski definition) is 5. The highest BCUT2D eigenvalue weighted by Gasteiger charge is 2.50. The minimum atomic E-state index is -0.762. The van der Waals surface area contributed by atoms with Gasteiger partial charge in [-0.25, -0.2) is 4.98 Å². The fourth-order valence-corrected chi connectivity index (χ4v) is 5.73. The standard InChI is InChI=1S/C21H37N5O/c1-20(2,15-25-11-9-23(3)10-12-25)16-26-17-5-6-18(26)14-21(27,13-17)19-22-7-8-24(19)4/h7-8,17-18,27H,5-6,9-16H2,1-4H3/t17-,18+,21?. The molecule has 3 fully saturated rings. The first-order valence-corrected chi connectivity index (χ1v) is 10.6. The highest BCUT2D eigenvalue weighted by Crippen LogP contribution is 2.46. The second kappa shape index (κ2) is 7.14. The molecule has 0 aromatic carbocycles. The van der Waals surface area contributed by atoms with Crippen molar-refractivity contribution < 1.29 is 5.11 Å². The number of aryl methyl sites for hydroxylation is 1. The van der Waals surface area contributed by atoms with Crippen molar-refractivity contribution in [3.63, 3.8) is 0 Å². The lowest BCUT2D eigenvalue weighted by molar-refractivity contribution is -0.0741. The van der Waals surface area contributed by atoms with Crippen LogP contribution in [0.15, 0.2) is 12.4 Å². The summed E-state index contributed by atoms with van der Waals surface area (Å²) in [5, 5.41) is 11.4. The van der Waals surface area contributed by atoms with Crippen molar-refractivity contribution in [1.82, 2.24) is 24.3 Å². The van der Waals surface area contributed by atoms with Gasteiger partial charge in [-0.1, -0.05) is 13.8 Å². The molecule has 1 aromatic heterocycles. The number of likely N-dealkylation sites (N-methyl/N-ethyl adjacent to an activating group) is 1. The number of aromatic nitrogens is 2. The number of imidazole rings is 1. The van der Waals surface area contributed by atoms with Crippen molar-refractivity contribution in [2.45, 2.75) is 57.2 Å². The number of nitrogens with zero attached hydrogens (tertiary/aromatic N) is 5. The number of rotatable bonds is 5. The zero-order valence-electron chi connectivity index (χ0n) is 17.6. The molecule has 1 aromatic rings. The molecule has 0 spiro atoms. The highest BCUT2D eigenvalue weighted by molar-refractivity contribution is 5.12. The van der Waals surface area contributed by atoms with Crippen LogP contribution in [0.5, 0.6) is 0 Å². The maximum Gasteiger partial charge on any atom is 0.140 e. The van der Waals surface area contributed by atoms with Crippen molar-refractivity contribution >= 4 is 0 Å². The quantitative estimate of drug-likeness (QED) is 0.845. The molecule has 6 nitrogen and oxygen atoms in total. The van der Waals surface area contributed by atoms with E-state index in [1.165, 1.54) is 45.6 Å². The molecule has 1 N–H and O–H groups in total. The summed E-state index contributed by atoms with van der Waals surface area (Å²) in [7, 11) is 4.21. The van der Waals surface area contributed by atoms with Gasteiger partial charge in [-0.3, -0.25) is 4.90 Å². The van der Waals surface area contributed by atoms with Crippen molar-refractivity contribution in [2.75, 3.05) is 46.3 Å². The minimum absolute atomic E-state index is 0.273. The summed E-state index contributed by atoms with van der Waals surface area (Å²) < 4.78 is 1.99. The number of fused-ring (bicyclic) bond motifs is 2. The molecular weight excluding hydrogens is 338 g/mol. The zero-order chi connectivity index (χ0) is 19.2. The van der Waals surface area contributed by atoms with E-state index in [-0.39, 0.29) is 5.41 Å². The lowest BCUT2D eigenvalue weighted by atomic mass is 9.83. The minimum Gasteiger partial charge on any atom is -0.382 e. The third-order valence-corrected chi connectivity index (χ3v) is 7.01. The molecule has 3 aliphatic heterocycles. The molecular formula is C21H37N5O. The molecule has 4 heterocycles. The monoisotopic (exact) mass is 375 g/mol. The van der Waals surface area contributed by atoms with Crippen molar-refractivity contribution in [1.29, 1.82) is 0 Å².